The smallest absolute Gasteiger partial charge is 0.200 e. The van der Waals surface area contributed by atoms with Crippen LogP contribution in [0, 0.1) is 11.6 Å². The van der Waals surface area contributed by atoms with Crippen molar-refractivity contribution in [1.82, 2.24) is 5.32 Å². The summed E-state index contributed by atoms with van der Waals surface area (Å²) in [4.78, 5) is 0. The summed E-state index contributed by atoms with van der Waals surface area (Å²) in [6.07, 6.45) is 0.846. The first-order valence-electron chi connectivity index (χ1n) is 4.10. The minimum Gasteiger partial charge on any atom is -0.505 e. The Morgan fingerprint density at radius 3 is 2.62 bits per heavy atom. The number of hydrogen-bond acceptors (Lipinski definition) is 2. The second-order valence-corrected chi connectivity index (χ2v) is 3.09. The van der Waals surface area contributed by atoms with Crippen LogP contribution in [-0.4, -0.2) is 11.7 Å². The minimum atomic E-state index is -1.16. The number of rotatable bonds is 1. The van der Waals surface area contributed by atoms with Crippen molar-refractivity contribution in [2.75, 3.05) is 6.54 Å². The van der Waals surface area contributed by atoms with Gasteiger partial charge in [-0.15, -0.1) is 0 Å². The molecule has 0 aromatic heterocycles. The summed E-state index contributed by atoms with van der Waals surface area (Å²) in [5, 5.41) is 12.3. The van der Waals surface area contributed by atoms with Crippen molar-refractivity contribution >= 4 is 0 Å². The number of phenolic OH excluding ortho intramolecular Hbond substituents is 1. The first kappa shape index (κ1) is 8.44. The summed E-state index contributed by atoms with van der Waals surface area (Å²) in [7, 11) is 0. The van der Waals surface area contributed by atoms with Gasteiger partial charge in [0, 0.05) is 11.6 Å². The fourth-order valence-corrected chi connectivity index (χ4v) is 1.39. The van der Waals surface area contributed by atoms with Gasteiger partial charge < -0.3 is 10.4 Å². The van der Waals surface area contributed by atoms with Gasteiger partial charge in [0.15, 0.2) is 11.6 Å². The summed E-state index contributed by atoms with van der Waals surface area (Å²) in [6, 6.07) is 2.41. The third kappa shape index (κ3) is 1.27. The van der Waals surface area contributed by atoms with Crippen molar-refractivity contribution in [1.29, 1.82) is 0 Å². The van der Waals surface area contributed by atoms with Gasteiger partial charge in [-0.3, -0.25) is 0 Å². The van der Waals surface area contributed by atoms with Crippen LogP contribution in [0.25, 0.3) is 0 Å². The summed E-state index contributed by atoms with van der Waals surface area (Å²) >= 11 is 0. The van der Waals surface area contributed by atoms with E-state index in [0.717, 1.165) is 19.0 Å². The predicted molar refractivity (Wildman–Crippen MR) is 43.4 cm³/mol. The molecule has 2 nitrogen and oxygen atoms in total. The van der Waals surface area contributed by atoms with Crippen molar-refractivity contribution in [2.45, 2.75) is 12.5 Å². The Morgan fingerprint density at radius 2 is 2.08 bits per heavy atom. The van der Waals surface area contributed by atoms with Gasteiger partial charge in [0.25, 0.3) is 0 Å². The van der Waals surface area contributed by atoms with E-state index in [1.54, 1.807) is 0 Å². The molecule has 0 bridgehead atoms. The van der Waals surface area contributed by atoms with E-state index in [-0.39, 0.29) is 6.04 Å². The molecule has 2 rings (SSSR count). The van der Waals surface area contributed by atoms with E-state index >= 15 is 0 Å². The van der Waals surface area contributed by atoms with Crippen LogP contribution >= 0.6 is 0 Å². The average molecular weight is 185 g/mol. The zero-order valence-corrected chi connectivity index (χ0v) is 6.85. The predicted octanol–water partition coefficient (Wildman–Crippen LogP) is 1.70. The van der Waals surface area contributed by atoms with E-state index in [0.29, 0.717) is 5.56 Å². The highest BCUT2D eigenvalue weighted by atomic mass is 19.2. The van der Waals surface area contributed by atoms with Gasteiger partial charge in [-0.05, 0) is 19.0 Å². The normalized spacial score (nSPS) is 21.2. The standard InChI is InChI=1S/C9H9F2NO/c10-6-2-1-5(7-3-4-12-7)9(13)8(6)11/h1-2,7,12-13H,3-4H2. The van der Waals surface area contributed by atoms with Gasteiger partial charge in [0.2, 0.25) is 5.82 Å². The zero-order valence-electron chi connectivity index (χ0n) is 6.85. The van der Waals surface area contributed by atoms with Crippen LogP contribution in [0.1, 0.15) is 18.0 Å². The van der Waals surface area contributed by atoms with Gasteiger partial charge in [0.1, 0.15) is 0 Å². The number of aromatic hydroxyl groups is 1. The molecule has 1 unspecified atom stereocenters. The van der Waals surface area contributed by atoms with E-state index in [9.17, 15) is 13.9 Å². The Morgan fingerprint density at radius 1 is 1.38 bits per heavy atom. The van der Waals surface area contributed by atoms with E-state index in [4.69, 9.17) is 0 Å². The van der Waals surface area contributed by atoms with Crippen LogP contribution in [0.2, 0.25) is 0 Å². The summed E-state index contributed by atoms with van der Waals surface area (Å²) in [5.74, 6) is -2.75. The number of hydrogen-bond donors (Lipinski definition) is 2. The summed E-state index contributed by atoms with van der Waals surface area (Å²) < 4.78 is 25.4. The second kappa shape index (κ2) is 2.96. The number of nitrogens with one attached hydrogen (secondary N) is 1. The van der Waals surface area contributed by atoms with Crippen molar-refractivity contribution in [2.24, 2.45) is 0 Å². The fourth-order valence-electron chi connectivity index (χ4n) is 1.39. The maximum Gasteiger partial charge on any atom is 0.200 e. The highest BCUT2D eigenvalue weighted by Gasteiger charge is 2.24. The van der Waals surface area contributed by atoms with Crippen molar-refractivity contribution in [3.8, 4) is 5.75 Å². The van der Waals surface area contributed by atoms with Crippen LogP contribution in [0.5, 0.6) is 5.75 Å². The molecule has 1 atom stereocenters. The second-order valence-electron chi connectivity index (χ2n) is 3.09. The van der Waals surface area contributed by atoms with Gasteiger partial charge in [-0.2, -0.15) is 4.39 Å². The molecule has 2 N–H and O–H groups in total. The first-order valence-corrected chi connectivity index (χ1v) is 4.10. The van der Waals surface area contributed by atoms with Crippen LogP contribution in [0.3, 0.4) is 0 Å². The van der Waals surface area contributed by atoms with Crippen LogP contribution in [-0.2, 0) is 0 Å². The molecular weight excluding hydrogens is 176 g/mol. The lowest BCUT2D eigenvalue weighted by atomic mass is 9.97. The molecule has 1 aromatic carbocycles. The van der Waals surface area contributed by atoms with E-state index in [2.05, 4.69) is 5.32 Å². The molecule has 0 saturated carbocycles. The largest absolute Gasteiger partial charge is 0.505 e. The molecule has 70 valence electrons. The van der Waals surface area contributed by atoms with Gasteiger partial charge in [-0.1, -0.05) is 6.07 Å². The van der Waals surface area contributed by atoms with Gasteiger partial charge in [0.05, 0.1) is 0 Å². The van der Waals surface area contributed by atoms with Crippen LogP contribution in [0.4, 0.5) is 8.78 Å². The number of benzene rings is 1. The molecule has 0 amide bonds. The quantitative estimate of drug-likeness (QED) is 0.698. The molecule has 1 aliphatic heterocycles. The Balaban J connectivity index is 2.41. The molecule has 1 heterocycles. The van der Waals surface area contributed by atoms with Crippen LogP contribution < -0.4 is 5.32 Å². The maximum absolute atomic E-state index is 12.9. The van der Waals surface area contributed by atoms with E-state index < -0.39 is 17.4 Å². The number of halogens is 2. The topological polar surface area (TPSA) is 32.3 Å². The third-order valence-corrected chi connectivity index (χ3v) is 2.30. The molecule has 1 saturated heterocycles. The Bertz CT molecular complexity index is 337. The fraction of sp³-hybridized carbons (Fsp3) is 0.333. The van der Waals surface area contributed by atoms with Gasteiger partial charge in [-0.25, -0.2) is 4.39 Å². The highest BCUT2D eigenvalue weighted by molar-refractivity contribution is 5.37. The van der Waals surface area contributed by atoms with E-state index in [1.165, 1.54) is 6.07 Å². The molecule has 0 spiro atoms. The Hall–Kier alpha value is -1.16. The maximum atomic E-state index is 12.9. The molecule has 1 aliphatic rings. The molecule has 1 fully saturated rings. The molecular formula is C9H9F2NO. The molecule has 0 radical (unpaired) electrons. The summed E-state index contributed by atoms with van der Waals surface area (Å²) in [5.41, 5.74) is 0.435. The summed E-state index contributed by atoms with van der Waals surface area (Å²) in [6.45, 7) is 0.850. The lowest BCUT2D eigenvalue weighted by Gasteiger charge is -2.28. The third-order valence-electron chi connectivity index (χ3n) is 2.30. The van der Waals surface area contributed by atoms with E-state index in [1.807, 2.05) is 0 Å². The average Bonchev–Trinajstić information content (AvgIpc) is 2.03. The first-order chi connectivity index (χ1) is 6.20. The zero-order chi connectivity index (χ0) is 9.42. The Kier molecular flexibility index (Phi) is 1.92. The Labute approximate surface area is 74.2 Å². The van der Waals surface area contributed by atoms with Crippen molar-refractivity contribution in [3.63, 3.8) is 0 Å². The highest BCUT2D eigenvalue weighted by Crippen LogP contribution is 2.32. The molecule has 1 aromatic rings. The van der Waals surface area contributed by atoms with Crippen LogP contribution in [0.15, 0.2) is 12.1 Å². The lowest BCUT2D eigenvalue weighted by molar-refractivity contribution is 0.348. The van der Waals surface area contributed by atoms with Crippen molar-refractivity contribution in [3.05, 3.63) is 29.3 Å². The lowest BCUT2D eigenvalue weighted by Crippen LogP contribution is -2.35. The monoisotopic (exact) mass is 185 g/mol. The number of phenols is 1. The van der Waals surface area contributed by atoms with Crippen molar-refractivity contribution < 1.29 is 13.9 Å². The minimum absolute atomic E-state index is 0.0323. The molecule has 13 heavy (non-hydrogen) atoms. The SMILES string of the molecule is Oc1c(C2CCN2)ccc(F)c1F. The molecule has 0 aliphatic carbocycles. The molecule has 4 heteroatoms. The van der Waals surface area contributed by atoms with Gasteiger partial charge >= 0.3 is 0 Å².